The molecule has 3 aromatic rings. The third-order valence-electron chi connectivity index (χ3n) is 5.76. The maximum Gasteiger partial charge on any atom is 0.269 e. The van der Waals surface area contributed by atoms with Crippen LogP contribution in [0.5, 0.6) is 0 Å². The van der Waals surface area contributed by atoms with E-state index in [0.29, 0.717) is 17.0 Å². The molecule has 1 saturated heterocycles. The van der Waals surface area contributed by atoms with Crippen molar-refractivity contribution < 1.29 is 19.4 Å². The van der Waals surface area contributed by atoms with Crippen molar-refractivity contribution in [3.05, 3.63) is 105 Å². The normalized spacial score (nSPS) is 19.2. The SMILES string of the molecule is O=C1[C@H]2C(c3ccc([N+](=O)[O-])cc3)=NN(c3ccccc3)[C@H]2C(=O)N1c1ccc([N+](=O)[O-])cc1. The summed E-state index contributed by atoms with van der Waals surface area (Å²) in [6.45, 7) is 0. The smallest absolute Gasteiger partial charge is 0.269 e. The van der Waals surface area contributed by atoms with E-state index in [1.165, 1.54) is 53.5 Å². The number of fused-ring (bicyclic) bond motifs is 1. The van der Waals surface area contributed by atoms with E-state index in [-0.39, 0.29) is 17.1 Å². The van der Waals surface area contributed by atoms with Gasteiger partial charge < -0.3 is 0 Å². The van der Waals surface area contributed by atoms with Crippen molar-refractivity contribution in [1.29, 1.82) is 0 Å². The second-order valence-corrected chi connectivity index (χ2v) is 7.68. The van der Waals surface area contributed by atoms with Crippen LogP contribution in [0.25, 0.3) is 0 Å². The largest absolute Gasteiger partial charge is 0.273 e. The molecular formula is C23H15N5O6. The molecule has 0 aliphatic carbocycles. The van der Waals surface area contributed by atoms with Gasteiger partial charge in [-0.2, -0.15) is 5.10 Å². The number of carbonyl (C=O) groups excluding carboxylic acids is 2. The van der Waals surface area contributed by atoms with Crippen LogP contribution in [0.1, 0.15) is 5.56 Å². The van der Waals surface area contributed by atoms with E-state index < -0.39 is 33.6 Å². The predicted molar refractivity (Wildman–Crippen MR) is 121 cm³/mol. The summed E-state index contributed by atoms with van der Waals surface area (Å²) in [7, 11) is 0. The highest BCUT2D eigenvalue weighted by Gasteiger charge is 2.57. The molecule has 2 amide bonds. The van der Waals surface area contributed by atoms with Gasteiger partial charge in [-0.3, -0.25) is 34.8 Å². The number of carbonyl (C=O) groups is 2. The molecule has 0 saturated carbocycles. The molecule has 11 nitrogen and oxygen atoms in total. The molecule has 2 atom stereocenters. The fraction of sp³-hybridized carbons (Fsp3) is 0.0870. The minimum Gasteiger partial charge on any atom is -0.273 e. The van der Waals surface area contributed by atoms with Crippen molar-refractivity contribution in [2.45, 2.75) is 6.04 Å². The van der Waals surface area contributed by atoms with E-state index in [2.05, 4.69) is 5.10 Å². The number of hydrazone groups is 1. The molecule has 1 fully saturated rings. The van der Waals surface area contributed by atoms with E-state index in [4.69, 9.17) is 0 Å². The summed E-state index contributed by atoms with van der Waals surface area (Å²) in [4.78, 5) is 48.9. The number of nitro groups is 2. The fourth-order valence-electron chi connectivity index (χ4n) is 4.18. The van der Waals surface area contributed by atoms with Gasteiger partial charge in [0.25, 0.3) is 17.3 Å². The first-order valence-corrected chi connectivity index (χ1v) is 10.2. The van der Waals surface area contributed by atoms with Gasteiger partial charge in [-0.25, -0.2) is 4.90 Å². The Morgan fingerprint density at radius 1 is 0.706 bits per heavy atom. The quantitative estimate of drug-likeness (QED) is 0.325. The van der Waals surface area contributed by atoms with E-state index in [9.17, 15) is 29.8 Å². The highest BCUT2D eigenvalue weighted by Crippen LogP contribution is 2.39. The van der Waals surface area contributed by atoms with Crippen LogP contribution in [0.4, 0.5) is 22.7 Å². The number of nitro benzene ring substituents is 2. The van der Waals surface area contributed by atoms with Gasteiger partial charge in [-0.05, 0) is 42.0 Å². The first-order chi connectivity index (χ1) is 16.4. The van der Waals surface area contributed by atoms with Gasteiger partial charge >= 0.3 is 0 Å². The van der Waals surface area contributed by atoms with Gasteiger partial charge in [0.2, 0.25) is 5.91 Å². The lowest BCUT2D eigenvalue weighted by Gasteiger charge is -2.22. The Bertz CT molecular complexity index is 1350. The van der Waals surface area contributed by atoms with Crippen LogP contribution in [0.3, 0.4) is 0 Å². The fourth-order valence-corrected chi connectivity index (χ4v) is 4.18. The number of rotatable bonds is 5. The zero-order valence-corrected chi connectivity index (χ0v) is 17.3. The molecule has 2 heterocycles. The van der Waals surface area contributed by atoms with Crippen LogP contribution in [-0.4, -0.2) is 33.4 Å². The maximum absolute atomic E-state index is 13.5. The van der Waals surface area contributed by atoms with E-state index >= 15 is 0 Å². The first-order valence-electron chi connectivity index (χ1n) is 10.2. The van der Waals surface area contributed by atoms with Gasteiger partial charge in [-0.15, -0.1) is 0 Å². The summed E-state index contributed by atoms with van der Waals surface area (Å²) in [5.41, 5.74) is 1.33. The average Bonchev–Trinajstić information content (AvgIpc) is 3.36. The topological polar surface area (TPSA) is 139 Å². The number of para-hydroxylation sites is 1. The highest BCUT2D eigenvalue weighted by atomic mass is 16.6. The number of nitrogens with zero attached hydrogens (tertiary/aromatic N) is 5. The van der Waals surface area contributed by atoms with Gasteiger partial charge in [0, 0.05) is 24.3 Å². The molecule has 168 valence electrons. The van der Waals surface area contributed by atoms with Gasteiger partial charge in [0.05, 0.1) is 26.9 Å². The van der Waals surface area contributed by atoms with E-state index in [1.54, 1.807) is 24.3 Å². The van der Waals surface area contributed by atoms with Crippen LogP contribution in [0.15, 0.2) is 84.0 Å². The summed E-state index contributed by atoms with van der Waals surface area (Å²) in [5, 5.41) is 28.1. The second-order valence-electron chi connectivity index (χ2n) is 7.68. The number of imide groups is 1. The minimum atomic E-state index is -0.963. The monoisotopic (exact) mass is 457 g/mol. The molecular weight excluding hydrogens is 442 g/mol. The van der Waals surface area contributed by atoms with Crippen molar-refractivity contribution in [2.75, 3.05) is 9.91 Å². The molecule has 3 aromatic carbocycles. The Morgan fingerprint density at radius 3 is 1.82 bits per heavy atom. The lowest BCUT2D eigenvalue weighted by molar-refractivity contribution is -0.385. The summed E-state index contributed by atoms with van der Waals surface area (Å²) >= 11 is 0. The molecule has 2 aliphatic heterocycles. The molecule has 0 spiro atoms. The molecule has 0 unspecified atom stereocenters. The number of anilines is 2. The Labute approximate surface area is 191 Å². The number of non-ortho nitro benzene ring substituents is 2. The Morgan fingerprint density at radius 2 is 1.26 bits per heavy atom. The van der Waals surface area contributed by atoms with Crippen LogP contribution in [-0.2, 0) is 9.59 Å². The number of amides is 2. The molecule has 5 rings (SSSR count). The molecule has 0 radical (unpaired) electrons. The Balaban J connectivity index is 1.58. The number of hydrogen-bond acceptors (Lipinski definition) is 8. The first kappa shape index (κ1) is 20.9. The zero-order valence-electron chi connectivity index (χ0n) is 17.3. The number of hydrogen-bond donors (Lipinski definition) is 0. The Hall–Kier alpha value is -4.93. The molecule has 0 bridgehead atoms. The van der Waals surface area contributed by atoms with E-state index in [0.717, 1.165) is 4.90 Å². The van der Waals surface area contributed by atoms with Crippen molar-refractivity contribution in [3.63, 3.8) is 0 Å². The van der Waals surface area contributed by atoms with E-state index in [1.807, 2.05) is 6.07 Å². The van der Waals surface area contributed by atoms with Gasteiger partial charge in [0.15, 0.2) is 0 Å². The maximum atomic E-state index is 13.5. The van der Waals surface area contributed by atoms with Crippen molar-refractivity contribution >= 4 is 40.3 Å². The van der Waals surface area contributed by atoms with Crippen LogP contribution in [0, 0.1) is 26.1 Å². The summed E-state index contributed by atoms with van der Waals surface area (Å²) in [6.07, 6.45) is 0. The lowest BCUT2D eigenvalue weighted by Crippen LogP contribution is -2.39. The highest BCUT2D eigenvalue weighted by molar-refractivity contribution is 6.34. The second kappa shape index (κ2) is 7.89. The average molecular weight is 457 g/mol. The molecule has 2 aliphatic rings. The van der Waals surface area contributed by atoms with Crippen LogP contribution < -0.4 is 9.91 Å². The summed E-state index contributed by atoms with van der Waals surface area (Å²) in [5.74, 6) is -2.00. The molecule has 11 heteroatoms. The van der Waals surface area contributed by atoms with Gasteiger partial charge in [0.1, 0.15) is 12.0 Å². The summed E-state index contributed by atoms with van der Waals surface area (Å²) in [6, 6.07) is 18.7. The lowest BCUT2D eigenvalue weighted by atomic mass is 9.92. The summed E-state index contributed by atoms with van der Waals surface area (Å²) < 4.78 is 0. The van der Waals surface area contributed by atoms with Crippen molar-refractivity contribution in [3.8, 4) is 0 Å². The third-order valence-corrected chi connectivity index (χ3v) is 5.76. The molecule has 0 N–H and O–H groups in total. The Kier molecular flexibility index (Phi) is 4.86. The molecule has 34 heavy (non-hydrogen) atoms. The number of benzene rings is 3. The van der Waals surface area contributed by atoms with Crippen molar-refractivity contribution in [1.82, 2.24) is 0 Å². The minimum absolute atomic E-state index is 0.111. The zero-order chi connectivity index (χ0) is 24.0. The van der Waals surface area contributed by atoms with Gasteiger partial charge in [-0.1, -0.05) is 18.2 Å². The standard InChI is InChI=1S/C23H15N5O6/c29-22-19-20(14-6-8-17(9-7-14)27(31)32)24-26(16-4-2-1-3-5-16)21(19)23(30)25(22)15-10-12-18(13-11-15)28(33)34/h1-13,19,21H/t19-,21+/m0/s1. The van der Waals surface area contributed by atoms with Crippen LogP contribution in [0.2, 0.25) is 0 Å². The van der Waals surface area contributed by atoms with Crippen molar-refractivity contribution in [2.24, 2.45) is 11.0 Å². The van der Waals surface area contributed by atoms with Crippen LogP contribution >= 0.6 is 0 Å². The third kappa shape index (κ3) is 3.26. The predicted octanol–water partition coefficient (Wildman–Crippen LogP) is 3.29. The molecule has 0 aromatic heterocycles.